The third kappa shape index (κ3) is 9.07. The molecule has 13 heteroatoms. The van der Waals surface area contributed by atoms with E-state index in [9.17, 15) is 19.2 Å². The van der Waals surface area contributed by atoms with Gasteiger partial charge in [-0.25, -0.2) is 14.8 Å². The molecule has 55 heavy (non-hydrogen) atoms. The van der Waals surface area contributed by atoms with Crippen LogP contribution in [0.5, 0.6) is 0 Å². The molecule has 0 aliphatic carbocycles. The van der Waals surface area contributed by atoms with Crippen molar-refractivity contribution in [2.24, 2.45) is 5.92 Å². The van der Waals surface area contributed by atoms with Crippen molar-refractivity contribution in [1.29, 1.82) is 0 Å². The van der Waals surface area contributed by atoms with Crippen LogP contribution in [0.4, 0.5) is 4.79 Å². The molecule has 2 aromatic heterocycles. The largest absolute Gasteiger partial charge is 0.469 e. The number of nitrogens with one attached hydrogen (secondary N) is 3. The van der Waals surface area contributed by atoms with Crippen molar-refractivity contribution >= 4 is 23.9 Å². The van der Waals surface area contributed by atoms with Crippen molar-refractivity contribution in [3.8, 4) is 34.9 Å². The zero-order chi connectivity index (χ0) is 38.9. The highest BCUT2D eigenvalue weighted by atomic mass is 16.5. The zero-order valence-corrected chi connectivity index (χ0v) is 31.4. The van der Waals surface area contributed by atoms with Crippen LogP contribution >= 0.6 is 0 Å². The lowest BCUT2D eigenvalue weighted by Gasteiger charge is -2.30. The average molecular weight is 744 g/mol. The summed E-state index contributed by atoms with van der Waals surface area (Å²) in [5.74, 6) is 11.7. The molecule has 2 aliphatic rings. The van der Waals surface area contributed by atoms with Crippen molar-refractivity contribution in [2.45, 2.75) is 70.0 Å². The molecular weight excluding hydrogens is 699 g/mol. The fourth-order valence-corrected chi connectivity index (χ4v) is 7.15. The fourth-order valence-electron chi connectivity index (χ4n) is 7.15. The molecule has 0 radical (unpaired) electrons. The van der Waals surface area contributed by atoms with Gasteiger partial charge in [-0.2, -0.15) is 0 Å². The fraction of sp³-hybridized carbons (Fsp3) is 0.381. The number of carbonyl (C=O) groups excluding carboxylic acids is 4. The van der Waals surface area contributed by atoms with Gasteiger partial charge in [-0.15, -0.1) is 0 Å². The van der Waals surface area contributed by atoms with Crippen LogP contribution in [0.2, 0.25) is 0 Å². The number of aromatic nitrogens is 4. The van der Waals surface area contributed by atoms with Crippen LogP contribution in [0.25, 0.3) is 11.3 Å². The summed E-state index contributed by atoms with van der Waals surface area (Å²) in [6, 6.07) is 15.8. The lowest BCUT2D eigenvalue weighted by Crippen LogP contribution is -2.51. The van der Waals surface area contributed by atoms with Crippen molar-refractivity contribution in [3.05, 3.63) is 95.5 Å². The quantitative estimate of drug-likeness (QED) is 0.147. The minimum absolute atomic E-state index is 0.0372. The number of H-pyrrole nitrogens is 2. The summed E-state index contributed by atoms with van der Waals surface area (Å²) < 4.78 is 9.63. The van der Waals surface area contributed by atoms with Gasteiger partial charge in [0.15, 0.2) is 0 Å². The number of ether oxygens (including phenoxy) is 2. The molecule has 2 aliphatic heterocycles. The summed E-state index contributed by atoms with van der Waals surface area (Å²) in [6.45, 7) is 4.93. The van der Waals surface area contributed by atoms with Gasteiger partial charge in [0.1, 0.15) is 23.4 Å². The van der Waals surface area contributed by atoms with E-state index in [1.807, 2.05) is 68.4 Å². The number of aromatic amines is 2. The number of carbonyl (C=O) groups is 4. The first-order valence-electron chi connectivity index (χ1n) is 18.5. The highest BCUT2D eigenvalue weighted by Crippen LogP contribution is 2.35. The van der Waals surface area contributed by atoms with E-state index in [-0.39, 0.29) is 36.2 Å². The van der Waals surface area contributed by atoms with Gasteiger partial charge in [-0.05, 0) is 72.6 Å². The summed E-state index contributed by atoms with van der Waals surface area (Å²) in [5.41, 5.74) is 3.88. The van der Waals surface area contributed by atoms with E-state index in [1.54, 1.807) is 22.2 Å². The van der Waals surface area contributed by atoms with Gasteiger partial charge in [0.25, 0.3) is 0 Å². The Morgan fingerprint density at radius 3 is 2.11 bits per heavy atom. The molecule has 2 aromatic carbocycles. The minimum atomic E-state index is -0.697. The smallest absolute Gasteiger partial charge is 0.407 e. The Balaban J connectivity index is 1.08. The molecule has 4 aromatic rings. The second-order valence-corrected chi connectivity index (χ2v) is 13.9. The number of imidazole rings is 2. The second-order valence-electron chi connectivity index (χ2n) is 13.9. The van der Waals surface area contributed by atoms with Crippen LogP contribution < -0.4 is 5.32 Å². The zero-order valence-electron chi connectivity index (χ0n) is 31.4. The maximum absolute atomic E-state index is 13.8. The molecule has 0 spiro atoms. The molecule has 0 bridgehead atoms. The van der Waals surface area contributed by atoms with Crippen molar-refractivity contribution in [1.82, 2.24) is 35.1 Å². The van der Waals surface area contributed by atoms with Crippen molar-refractivity contribution < 1.29 is 28.7 Å². The summed E-state index contributed by atoms with van der Waals surface area (Å²) in [7, 11) is 2.61. The molecule has 2 fully saturated rings. The number of hydrogen-bond acceptors (Lipinski definition) is 8. The molecule has 284 valence electrons. The number of amides is 3. The van der Waals surface area contributed by atoms with Crippen LogP contribution in [-0.2, 0) is 23.9 Å². The maximum atomic E-state index is 13.8. The highest BCUT2D eigenvalue weighted by Gasteiger charge is 2.38. The summed E-state index contributed by atoms with van der Waals surface area (Å²) in [4.78, 5) is 70.8. The molecule has 6 rings (SSSR count). The number of hydrogen-bond donors (Lipinski definition) is 3. The molecule has 3 amide bonds. The number of nitrogens with zero attached hydrogens (tertiary/aromatic N) is 4. The average Bonchev–Trinajstić information content (AvgIpc) is 4.04. The first-order chi connectivity index (χ1) is 26.7. The highest BCUT2D eigenvalue weighted by molar-refractivity contribution is 5.89. The predicted octanol–water partition coefficient (Wildman–Crippen LogP) is 5.26. The van der Waals surface area contributed by atoms with E-state index in [1.165, 1.54) is 14.2 Å². The summed E-state index contributed by atoms with van der Waals surface area (Å²) >= 11 is 0. The van der Waals surface area contributed by atoms with E-state index in [2.05, 4.69) is 48.9 Å². The van der Waals surface area contributed by atoms with Gasteiger partial charge in [0.2, 0.25) is 11.8 Å². The first kappa shape index (κ1) is 38.4. The molecule has 0 saturated carbocycles. The van der Waals surface area contributed by atoms with Crippen molar-refractivity contribution in [2.75, 3.05) is 27.3 Å². The second kappa shape index (κ2) is 17.7. The van der Waals surface area contributed by atoms with E-state index in [4.69, 9.17) is 9.47 Å². The Morgan fingerprint density at radius 1 is 0.818 bits per heavy atom. The van der Waals surface area contributed by atoms with E-state index in [0.29, 0.717) is 30.4 Å². The minimum Gasteiger partial charge on any atom is -0.469 e. The van der Waals surface area contributed by atoms with Crippen LogP contribution in [0.15, 0.2) is 67.0 Å². The van der Waals surface area contributed by atoms with Crippen LogP contribution in [0.1, 0.15) is 92.4 Å². The number of methoxy groups -OCH3 is 2. The van der Waals surface area contributed by atoms with Gasteiger partial charge in [-0.1, -0.05) is 62.2 Å². The molecule has 2 saturated heterocycles. The lowest BCUT2D eigenvalue weighted by molar-refractivity contribution is -0.145. The maximum Gasteiger partial charge on any atom is 0.407 e. The SMILES string of the molecule is COC(=O)C[C@@H](C(=O)N1CCC[C@H]1c1ncc(C#CC#Cc2ccc(-c3cnc([C@@H]4CCCN4C(=O)[C@@H](NC(=O)OC)C(C)C)[nH]3)cc2)[nH]1)c1ccccc1. The lowest BCUT2D eigenvalue weighted by atomic mass is 9.94. The van der Waals surface area contributed by atoms with E-state index < -0.39 is 24.0 Å². The summed E-state index contributed by atoms with van der Waals surface area (Å²) in [6.07, 6.45) is 5.90. The Bertz CT molecular complexity index is 2120. The third-order valence-electron chi connectivity index (χ3n) is 10.0. The molecule has 4 atom stereocenters. The van der Waals surface area contributed by atoms with Gasteiger partial charge in [0, 0.05) is 18.7 Å². The number of alkyl carbamates (subject to hydrolysis) is 1. The Kier molecular flexibility index (Phi) is 12.3. The number of benzene rings is 2. The number of rotatable bonds is 10. The van der Waals surface area contributed by atoms with Gasteiger partial charge in [-0.3, -0.25) is 14.4 Å². The van der Waals surface area contributed by atoms with Crippen LogP contribution in [0, 0.1) is 29.6 Å². The van der Waals surface area contributed by atoms with Crippen molar-refractivity contribution in [3.63, 3.8) is 0 Å². The van der Waals surface area contributed by atoms with E-state index in [0.717, 1.165) is 48.1 Å². The Labute approximate surface area is 320 Å². The third-order valence-corrected chi connectivity index (χ3v) is 10.0. The summed E-state index contributed by atoms with van der Waals surface area (Å²) in [5, 5.41) is 2.68. The number of likely N-dealkylation sites (tertiary alicyclic amines) is 2. The Hall–Kier alpha value is -6.34. The molecule has 4 heterocycles. The monoisotopic (exact) mass is 743 g/mol. The first-order valence-corrected chi connectivity index (χ1v) is 18.5. The van der Waals surface area contributed by atoms with Gasteiger partial charge >= 0.3 is 12.1 Å². The molecule has 3 N–H and O–H groups in total. The Morgan fingerprint density at radius 2 is 1.45 bits per heavy atom. The van der Waals surface area contributed by atoms with Gasteiger partial charge < -0.3 is 34.6 Å². The predicted molar refractivity (Wildman–Crippen MR) is 204 cm³/mol. The van der Waals surface area contributed by atoms with Gasteiger partial charge in [0.05, 0.1) is 56.7 Å². The molecular formula is C42H45N7O6. The normalized spacial score (nSPS) is 17.4. The van der Waals surface area contributed by atoms with Crippen LogP contribution in [0.3, 0.4) is 0 Å². The standard InChI is InChI=1S/C42H45N7O6/c1-27(2)37(47-42(53)55-4)41(52)49-23-11-17-35(49)39-44-26-33(46-39)30-20-18-28(19-21-30)12-8-9-15-31-25-43-38(45-31)34-16-10-22-48(34)40(51)32(24-36(50)54-3)29-13-6-5-7-14-29/h5-7,13-14,18-21,25-27,32,34-35,37H,10-11,16-17,22-24H2,1-4H3,(H,43,45)(H,44,46)(H,47,53)/t32-,34+,35+,37+/m1/s1. The number of esters is 1. The topological polar surface area (TPSA) is 163 Å². The van der Waals surface area contributed by atoms with Crippen LogP contribution in [-0.4, -0.2) is 87.0 Å². The molecule has 0 unspecified atom stereocenters. The molecule has 13 nitrogen and oxygen atoms in total. The van der Waals surface area contributed by atoms with E-state index >= 15 is 0 Å².